The molecule has 3 aromatic carbocycles. The highest BCUT2D eigenvalue weighted by molar-refractivity contribution is 6.50. The Hall–Kier alpha value is -4.42. The van der Waals surface area contributed by atoms with Crippen LogP contribution in [0.15, 0.2) is 85.2 Å². The molecule has 5 aromatic rings. The van der Waals surface area contributed by atoms with Crippen molar-refractivity contribution in [3.8, 4) is 0 Å². The minimum Gasteiger partial charge on any atom is -0.350 e. The number of para-hydroxylation sites is 2. The second kappa shape index (κ2) is 8.11. The molecule has 0 radical (unpaired) electrons. The van der Waals surface area contributed by atoms with Gasteiger partial charge in [-0.15, -0.1) is 0 Å². The van der Waals surface area contributed by atoms with Crippen molar-refractivity contribution in [2.24, 2.45) is 12.8 Å². The van der Waals surface area contributed by atoms with Gasteiger partial charge in [-0.3, -0.25) is 14.9 Å². The quantitative estimate of drug-likeness (QED) is 0.386. The number of imide groups is 1. The summed E-state index contributed by atoms with van der Waals surface area (Å²) in [4.78, 5) is 26.3. The zero-order valence-corrected chi connectivity index (χ0v) is 19.3. The largest absolute Gasteiger partial charge is 0.350 e. The van der Waals surface area contributed by atoms with E-state index >= 15 is 0 Å². The van der Waals surface area contributed by atoms with Crippen molar-refractivity contribution in [1.82, 2.24) is 14.5 Å². The van der Waals surface area contributed by atoms with Gasteiger partial charge in [0.1, 0.15) is 0 Å². The molecule has 6 nitrogen and oxygen atoms in total. The van der Waals surface area contributed by atoms with Crippen LogP contribution < -0.4 is 11.1 Å². The molecule has 0 unspecified atom stereocenters. The molecule has 35 heavy (non-hydrogen) atoms. The van der Waals surface area contributed by atoms with Gasteiger partial charge in [-0.1, -0.05) is 60.7 Å². The SMILES string of the molecule is Cn1cc(C2=C(c3cn(Cc4ccc(CN)cc4)c4ccccc34)C(=O)NC2=O)c2ccccc21. The van der Waals surface area contributed by atoms with Gasteiger partial charge in [0, 0.05) is 65.5 Å². The summed E-state index contributed by atoms with van der Waals surface area (Å²) in [6.45, 7) is 1.14. The number of hydrogen-bond acceptors (Lipinski definition) is 3. The van der Waals surface area contributed by atoms with Gasteiger partial charge in [0.2, 0.25) is 0 Å². The lowest BCUT2D eigenvalue weighted by molar-refractivity contribution is -0.122. The normalized spacial score (nSPS) is 13.9. The van der Waals surface area contributed by atoms with Gasteiger partial charge in [-0.05, 0) is 23.3 Å². The lowest BCUT2D eigenvalue weighted by Crippen LogP contribution is -2.22. The van der Waals surface area contributed by atoms with Gasteiger partial charge < -0.3 is 14.9 Å². The van der Waals surface area contributed by atoms with E-state index in [9.17, 15) is 9.59 Å². The number of rotatable bonds is 5. The van der Waals surface area contributed by atoms with Crippen LogP contribution in [0.25, 0.3) is 33.0 Å². The molecule has 0 saturated heterocycles. The van der Waals surface area contributed by atoms with Crippen molar-refractivity contribution in [2.45, 2.75) is 13.1 Å². The first-order chi connectivity index (χ1) is 17.0. The van der Waals surface area contributed by atoms with Gasteiger partial charge >= 0.3 is 0 Å². The molecule has 0 bridgehead atoms. The number of carbonyl (C=O) groups is 2. The van der Waals surface area contributed by atoms with E-state index in [4.69, 9.17) is 5.73 Å². The lowest BCUT2D eigenvalue weighted by Gasteiger charge is -2.06. The van der Waals surface area contributed by atoms with E-state index in [0.29, 0.717) is 24.2 Å². The van der Waals surface area contributed by atoms with Gasteiger partial charge in [-0.25, -0.2) is 0 Å². The summed E-state index contributed by atoms with van der Waals surface area (Å²) in [6, 6.07) is 24.1. The number of aryl methyl sites for hydroxylation is 1. The Morgan fingerprint density at radius 2 is 1.26 bits per heavy atom. The van der Waals surface area contributed by atoms with Gasteiger partial charge in [-0.2, -0.15) is 0 Å². The summed E-state index contributed by atoms with van der Waals surface area (Å²) in [5.41, 5.74) is 12.3. The topological polar surface area (TPSA) is 82.0 Å². The molecule has 2 aromatic heterocycles. The van der Waals surface area contributed by atoms with Crippen LogP contribution in [0.1, 0.15) is 22.3 Å². The average Bonchev–Trinajstić information content (AvgIpc) is 3.50. The molecule has 0 fully saturated rings. The standard InChI is InChI=1S/C29H24N4O2/c1-32-16-22(20-6-2-4-8-24(20)32)26-27(29(35)31-28(26)34)23-17-33(25-9-5-3-7-21(23)25)15-19-12-10-18(14-30)11-13-19/h2-13,16-17H,14-15,30H2,1H3,(H,31,34,35). The summed E-state index contributed by atoms with van der Waals surface area (Å²) in [6.07, 6.45) is 3.91. The predicted octanol–water partition coefficient (Wildman–Crippen LogP) is 4.21. The number of carbonyl (C=O) groups excluding carboxylic acids is 2. The molecule has 1 aliphatic rings. The third-order valence-electron chi connectivity index (χ3n) is 6.77. The first-order valence-electron chi connectivity index (χ1n) is 11.6. The maximum atomic E-state index is 13.2. The highest BCUT2D eigenvalue weighted by Gasteiger charge is 2.35. The highest BCUT2D eigenvalue weighted by Crippen LogP contribution is 2.38. The molecule has 172 valence electrons. The summed E-state index contributed by atoms with van der Waals surface area (Å²) in [7, 11) is 1.95. The van der Waals surface area contributed by atoms with E-state index in [1.165, 1.54) is 0 Å². The van der Waals surface area contributed by atoms with E-state index in [1.807, 2.05) is 84.7 Å². The van der Waals surface area contributed by atoms with Crippen LogP contribution in [0.2, 0.25) is 0 Å². The maximum Gasteiger partial charge on any atom is 0.259 e. The Balaban J connectivity index is 1.56. The molecule has 0 saturated carbocycles. The van der Waals surface area contributed by atoms with E-state index in [2.05, 4.69) is 22.0 Å². The third kappa shape index (κ3) is 3.38. The molecule has 2 amide bonds. The number of benzene rings is 3. The van der Waals surface area contributed by atoms with Crippen LogP contribution in [0.4, 0.5) is 0 Å². The summed E-state index contributed by atoms with van der Waals surface area (Å²) < 4.78 is 4.12. The van der Waals surface area contributed by atoms with Crippen LogP contribution in [0, 0.1) is 0 Å². The smallest absolute Gasteiger partial charge is 0.259 e. The molecular formula is C29H24N4O2. The zero-order chi connectivity index (χ0) is 24.1. The molecule has 3 N–H and O–H groups in total. The number of amides is 2. The Labute approximate surface area is 202 Å². The number of nitrogens with zero attached hydrogens (tertiary/aromatic N) is 2. The zero-order valence-electron chi connectivity index (χ0n) is 19.3. The van der Waals surface area contributed by atoms with Crippen LogP contribution in [-0.2, 0) is 29.7 Å². The minimum absolute atomic E-state index is 0.365. The number of nitrogens with one attached hydrogen (secondary N) is 1. The van der Waals surface area contributed by atoms with E-state index in [0.717, 1.165) is 44.1 Å². The molecule has 6 rings (SSSR count). The van der Waals surface area contributed by atoms with E-state index in [1.54, 1.807) is 0 Å². The third-order valence-corrected chi connectivity index (χ3v) is 6.77. The highest BCUT2D eigenvalue weighted by atomic mass is 16.2. The van der Waals surface area contributed by atoms with Crippen LogP contribution in [0.3, 0.4) is 0 Å². The van der Waals surface area contributed by atoms with Crippen molar-refractivity contribution in [3.63, 3.8) is 0 Å². The van der Waals surface area contributed by atoms with Crippen molar-refractivity contribution in [2.75, 3.05) is 0 Å². The molecule has 0 spiro atoms. The van der Waals surface area contributed by atoms with E-state index < -0.39 is 0 Å². The number of aromatic nitrogens is 2. The molecular weight excluding hydrogens is 436 g/mol. The van der Waals surface area contributed by atoms with Gasteiger partial charge in [0.25, 0.3) is 11.8 Å². The van der Waals surface area contributed by atoms with Crippen LogP contribution in [0.5, 0.6) is 0 Å². The van der Waals surface area contributed by atoms with Crippen LogP contribution in [-0.4, -0.2) is 20.9 Å². The second-order valence-corrected chi connectivity index (χ2v) is 8.91. The lowest BCUT2D eigenvalue weighted by atomic mass is 9.95. The van der Waals surface area contributed by atoms with Crippen LogP contribution >= 0.6 is 0 Å². The first kappa shape index (κ1) is 21.1. The first-order valence-corrected chi connectivity index (χ1v) is 11.6. The summed E-state index contributed by atoms with van der Waals surface area (Å²) in [5.74, 6) is -0.733. The maximum absolute atomic E-state index is 13.2. The summed E-state index contributed by atoms with van der Waals surface area (Å²) in [5, 5.41) is 4.42. The number of hydrogen-bond donors (Lipinski definition) is 2. The van der Waals surface area contributed by atoms with Crippen molar-refractivity contribution < 1.29 is 9.59 Å². The van der Waals surface area contributed by atoms with Gasteiger partial charge in [0.15, 0.2) is 0 Å². The molecule has 0 atom stereocenters. The summed E-state index contributed by atoms with van der Waals surface area (Å²) >= 11 is 0. The fourth-order valence-corrected chi connectivity index (χ4v) is 5.06. The Morgan fingerprint density at radius 3 is 1.91 bits per heavy atom. The molecule has 1 aliphatic heterocycles. The Bertz CT molecular complexity index is 1670. The fraction of sp³-hybridized carbons (Fsp3) is 0.103. The number of nitrogens with two attached hydrogens (primary N) is 1. The Morgan fingerprint density at radius 1 is 0.714 bits per heavy atom. The van der Waals surface area contributed by atoms with Crippen molar-refractivity contribution in [1.29, 1.82) is 0 Å². The monoisotopic (exact) mass is 460 g/mol. The predicted molar refractivity (Wildman–Crippen MR) is 138 cm³/mol. The van der Waals surface area contributed by atoms with Crippen molar-refractivity contribution in [3.05, 3.63) is 107 Å². The fourth-order valence-electron chi connectivity index (χ4n) is 5.06. The molecule has 3 heterocycles. The Kier molecular flexibility index (Phi) is 4.90. The number of fused-ring (bicyclic) bond motifs is 2. The second-order valence-electron chi connectivity index (χ2n) is 8.91. The van der Waals surface area contributed by atoms with E-state index in [-0.39, 0.29) is 11.8 Å². The van der Waals surface area contributed by atoms with Gasteiger partial charge in [0.05, 0.1) is 11.1 Å². The molecule has 6 heteroatoms. The van der Waals surface area contributed by atoms with Crippen molar-refractivity contribution >= 4 is 44.8 Å². The average molecular weight is 461 g/mol. The molecule has 0 aliphatic carbocycles. The minimum atomic E-state index is -0.367.